The van der Waals surface area contributed by atoms with Crippen molar-refractivity contribution in [3.05, 3.63) is 0 Å². The molecule has 2 atom stereocenters. The topological polar surface area (TPSA) is 63.4 Å². The molecule has 120 valence electrons. The second-order valence-electron chi connectivity index (χ2n) is 6.57. The molecule has 1 aliphatic rings. The van der Waals surface area contributed by atoms with Crippen LogP contribution in [0.15, 0.2) is 0 Å². The lowest BCUT2D eigenvalue weighted by atomic mass is 9.87. The van der Waals surface area contributed by atoms with Gasteiger partial charge in [-0.25, -0.2) is 8.42 Å². The SMILES string of the molecule is CCCC1CCCC(CN)(N(C)CCS(C)(=O)=O)CC1. The fourth-order valence-electron chi connectivity index (χ4n) is 3.44. The molecule has 0 heterocycles. The number of nitrogens with zero attached hydrogens (tertiary/aromatic N) is 1. The Bertz CT molecular complexity index is 383. The van der Waals surface area contributed by atoms with Gasteiger partial charge >= 0.3 is 0 Å². The molecule has 20 heavy (non-hydrogen) atoms. The first-order valence-electron chi connectivity index (χ1n) is 7.92. The van der Waals surface area contributed by atoms with Crippen molar-refractivity contribution in [2.24, 2.45) is 11.7 Å². The standard InChI is InChI=1S/C15H32N2O2S/c1-4-6-14-7-5-9-15(13-16,10-8-14)17(2)11-12-20(3,18)19/h14H,4-13,16H2,1-3H3. The van der Waals surface area contributed by atoms with Crippen LogP contribution in [-0.4, -0.2) is 51.0 Å². The third-order valence-electron chi connectivity index (χ3n) is 4.96. The zero-order chi connectivity index (χ0) is 15.2. The Morgan fingerprint density at radius 3 is 2.55 bits per heavy atom. The monoisotopic (exact) mass is 304 g/mol. The Morgan fingerprint density at radius 2 is 2.00 bits per heavy atom. The van der Waals surface area contributed by atoms with Gasteiger partial charge in [0.25, 0.3) is 0 Å². The normalized spacial score (nSPS) is 28.6. The van der Waals surface area contributed by atoms with Gasteiger partial charge in [0.1, 0.15) is 9.84 Å². The summed E-state index contributed by atoms with van der Waals surface area (Å²) in [6, 6.07) is 0. The zero-order valence-electron chi connectivity index (χ0n) is 13.4. The first kappa shape index (κ1) is 17.9. The van der Waals surface area contributed by atoms with Crippen LogP contribution in [0, 0.1) is 5.92 Å². The highest BCUT2D eigenvalue weighted by Crippen LogP contribution is 2.35. The van der Waals surface area contributed by atoms with E-state index in [-0.39, 0.29) is 11.3 Å². The Balaban J connectivity index is 2.66. The van der Waals surface area contributed by atoms with Gasteiger partial charge < -0.3 is 5.73 Å². The molecule has 1 fully saturated rings. The van der Waals surface area contributed by atoms with Crippen LogP contribution in [0.4, 0.5) is 0 Å². The van der Waals surface area contributed by atoms with Crippen LogP contribution in [0.25, 0.3) is 0 Å². The smallest absolute Gasteiger partial charge is 0.148 e. The van der Waals surface area contributed by atoms with Crippen molar-refractivity contribution in [3.8, 4) is 0 Å². The van der Waals surface area contributed by atoms with Gasteiger partial charge in [0.2, 0.25) is 0 Å². The summed E-state index contributed by atoms with van der Waals surface area (Å²) in [5.41, 5.74) is 6.08. The van der Waals surface area contributed by atoms with Gasteiger partial charge in [0, 0.05) is 24.9 Å². The molecule has 5 heteroatoms. The minimum Gasteiger partial charge on any atom is -0.329 e. The van der Waals surface area contributed by atoms with Crippen LogP contribution in [0.1, 0.15) is 51.9 Å². The first-order chi connectivity index (χ1) is 9.33. The summed E-state index contributed by atoms with van der Waals surface area (Å²) >= 11 is 0. The Morgan fingerprint density at radius 1 is 1.30 bits per heavy atom. The molecule has 0 aromatic carbocycles. The van der Waals surface area contributed by atoms with E-state index in [0.29, 0.717) is 13.1 Å². The van der Waals surface area contributed by atoms with Gasteiger partial charge in [-0.2, -0.15) is 0 Å². The molecule has 0 spiro atoms. The summed E-state index contributed by atoms with van der Waals surface area (Å²) in [7, 11) is -0.864. The van der Waals surface area contributed by atoms with Crippen molar-refractivity contribution in [1.82, 2.24) is 4.90 Å². The van der Waals surface area contributed by atoms with E-state index in [1.165, 1.54) is 38.4 Å². The fraction of sp³-hybridized carbons (Fsp3) is 1.00. The van der Waals surface area contributed by atoms with Crippen molar-refractivity contribution in [3.63, 3.8) is 0 Å². The second kappa shape index (κ2) is 7.76. The van der Waals surface area contributed by atoms with E-state index >= 15 is 0 Å². The van der Waals surface area contributed by atoms with E-state index in [1.807, 2.05) is 7.05 Å². The van der Waals surface area contributed by atoms with Crippen molar-refractivity contribution in [2.75, 3.05) is 32.1 Å². The molecule has 0 aromatic heterocycles. The molecule has 2 N–H and O–H groups in total. The molecule has 0 bridgehead atoms. The number of hydrogen-bond donors (Lipinski definition) is 1. The van der Waals surface area contributed by atoms with Crippen LogP contribution in [-0.2, 0) is 9.84 Å². The number of sulfone groups is 1. The van der Waals surface area contributed by atoms with Gasteiger partial charge in [-0.15, -0.1) is 0 Å². The van der Waals surface area contributed by atoms with Crippen molar-refractivity contribution in [2.45, 2.75) is 57.4 Å². The first-order valence-corrected chi connectivity index (χ1v) is 9.98. The lowest BCUT2D eigenvalue weighted by molar-refractivity contribution is 0.113. The minimum atomic E-state index is -2.90. The molecule has 0 radical (unpaired) electrons. The third kappa shape index (κ3) is 5.34. The highest BCUT2D eigenvalue weighted by Gasteiger charge is 2.35. The van der Waals surface area contributed by atoms with Crippen LogP contribution >= 0.6 is 0 Å². The Hall–Kier alpha value is -0.130. The van der Waals surface area contributed by atoms with Crippen LogP contribution < -0.4 is 5.73 Å². The third-order valence-corrected chi connectivity index (χ3v) is 5.88. The molecular formula is C15H32N2O2S. The molecule has 0 saturated heterocycles. The van der Waals surface area contributed by atoms with Crippen LogP contribution in [0.5, 0.6) is 0 Å². The van der Waals surface area contributed by atoms with Crippen LogP contribution in [0.3, 0.4) is 0 Å². The van der Waals surface area contributed by atoms with Gasteiger partial charge in [-0.3, -0.25) is 4.90 Å². The van der Waals surface area contributed by atoms with E-state index in [1.54, 1.807) is 0 Å². The molecular weight excluding hydrogens is 272 g/mol. The minimum absolute atomic E-state index is 0.00712. The predicted molar refractivity (Wildman–Crippen MR) is 85.6 cm³/mol. The molecule has 1 saturated carbocycles. The fourth-order valence-corrected chi connectivity index (χ4v) is 4.05. The quantitative estimate of drug-likeness (QED) is 0.731. The van der Waals surface area contributed by atoms with E-state index < -0.39 is 9.84 Å². The van der Waals surface area contributed by atoms with Gasteiger partial charge in [-0.1, -0.05) is 32.6 Å². The Labute approximate surface area is 125 Å². The van der Waals surface area contributed by atoms with Gasteiger partial charge in [0.05, 0.1) is 5.75 Å². The average molecular weight is 305 g/mol. The molecule has 0 aliphatic heterocycles. The van der Waals surface area contributed by atoms with E-state index in [9.17, 15) is 8.42 Å². The van der Waals surface area contributed by atoms with Crippen molar-refractivity contribution >= 4 is 9.84 Å². The molecule has 0 amide bonds. The molecule has 1 rings (SSSR count). The van der Waals surface area contributed by atoms with E-state index in [2.05, 4.69) is 11.8 Å². The van der Waals surface area contributed by atoms with Crippen molar-refractivity contribution < 1.29 is 8.42 Å². The second-order valence-corrected chi connectivity index (χ2v) is 8.83. The predicted octanol–water partition coefficient (Wildman–Crippen LogP) is 2.04. The Kier molecular flexibility index (Phi) is 6.95. The summed E-state index contributed by atoms with van der Waals surface area (Å²) < 4.78 is 22.7. The number of nitrogens with two attached hydrogens (primary N) is 1. The summed E-state index contributed by atoms with van der Waals surface area (Å²) in [5, 5.41) is 0. The molecule has 0 aromatic rings. The lowest BCUT2D eigenvalue weighted by Gasteiger charge is -2.41. The number of likely N-dealkylation sites (N-methyl/N-ethyl adjacent to an activating group) is 1. The maximum atomic E-state index is 11.4. The van der Waals surface area contributed by atoms with Crippen LogP contribution in [0.2, 0.25) is 0 Å². The summed E-state index contributed by atoms with van der Waals surface area (Å²) in [5.74, 6) is 1.06. The lowest BCUT2D eigenvalue weighted by Crippen LogP contribution is -2.53. The highest BCUT2D eigenvalue weighted by atomic mass is 32.2. The largest absolute Gasteiger partial charge is 0.329 e. The maximum Gasteiger partial charge on any atom is 0.148 e. The van der Waals surface area contributed by atoms with E-state index in [0.717, 1.165) is 18.8 Å². The summed E-state index contributed by atoms with van der Waals surface area (Å²) in [4.78, 5) is 2.21. The van der Waals surface area contributed by atoms with Gasteiger partial charge in [0.15, 0.2) is 0 Å². The molecule has 2 unspecified atom stereocenters. The van der Waals surface area contributed by atoms with Crippen molar-refractivity contribution in [1.29, 1.82) is 0 Å². The maximum absolute atomic E-state index is 11.4. The number of rotatable bonds is 7. The number of hydrogen-bond acceptors (Lipinski definition) is 4. The average Bonchev–Trinajstić information content (AvgIpc) is 2.59. The molecule has 1 aliphatic carbocycles. The van der Waals surface area contributed by atoms with E-state index in [4.69, 9.17) is 5.73 Å². The molecule has 4 nitrogen and oxygen atoms in total. The zero-order valence-corrected chi connectivity index (χ0v) is 14.2. The van der Waals surface area contributed by atoms with Gasteiger partial charge in [-0.05, 0) is 32.2 Å². The highest BCUT2D eigenvalue weighted by molar-refractivity contribution is 7.90. The summed E-state index contributed by atoms with van der Waals surface area (Å²) in [6.45, 7) is 3.47. The summed E-state index contributed by atoms with van der Waals surface area (Å²) in [6.07, 6.45) is 9.82.